The molecule has 8 nitrogen and oxygen atoms in total. The number of nitrogens with zero attached hydrogens (tertiary/aromatic N) is 2. The van der Waals surface area contributed by atoms with Crippen molar-refractivity contribution in [3.8, 4) is 5.75 Å². The molecule has 2 atom stereocenters. The Morgan fingerprint density at radius 1 is 1.24 bits per heavy atom. The summed E-state index contributed by atoms with van der Waals surface area (Å²) < 4.78 is 42.4. The maximum absolute atomic E-state index is 13.8. The molecule has 34 heavy (non-hydrogen) atoms. The molecule has 2 aromatic carbocycles. The first-order valence-electron chi connectivity index (χ1n) is 10.9. The Labute approximate surface area is 198 Å². The molecule has 1 saturated heterocycles. The fourth-order valence-electron chi connectivity index (χ4n) is 3.93. The van der Waals surface area contributed by atoms with E-state index in [1.807, 2.05) is 11.0 Å². The van der Waals surface area contributed by atoms with Crippen LogP contribution in [-0.4, -0.2) is 80.9 Å². The van der Waals surface area contributed by atoms with E-state index in [0.717, 1.165) is 11.8 Å². The standard InChI is InChI=1S/C24H29FN2O6S/c1-26(23(28)12-17-6-8-21(9-7-17)34(2,31)32)22(15-27-11-10-19(25)14-27)18-4-3-5-20(13-18)33-16-24(29)30/h3-9,13,19,22H,10-12,14-16H2,1-2H3,(H,29,30)/t19-,22-/m1/s1. The molecule has 10 heteroatoms. The van der Waals surface area contributed by atoms with E-state index in [2.05, 4.69) is 0 Å². The number of sulfone groups is 1. The number of likely N-dealkylation sites (tertiary alicyclic amines) is 1. The van der Waals surface area contributed by atoms with Crippen LogP contribution in [0.3, 0.4) is 0 Å². The number of carboxylic acids is 1. The van der Waals surface area contributed by atoms with Gasteiger partial charge in [0.25, 0.3) is 0 Å². The van der Waals surface area contributed by atoms with Crippen LogP contribution in [0.1, 0.15) is 23.6 Å². The highest BCUT2D eigenvalue weighted by atomic mass is 32.2. The number of rotatable bonds is 10. The molecule has 0 radical (unpaired) electrons. The van der Waals surface area contributed by atoms with Gasteiger partial charge < -0.3 is 14.7 Å². The van der Waals surface area contributed by atoms with Gasteiger partial charge >= 0.3 is 5.97 Å². The van der Waals surface area contributed by atoms with Crippen molar-refractivity contribution in [1.82, 2.24) is 9.80 Å². The lowest BCUT2D eigenvalue weighted by Gasteiger charge is -2.32. The maximum Gasteiger partial charge on any atom is 0.341 e. The summed E-state index contributed by atoms with van der Waals surface area (Å²) in [7, 11) is -1.65. The number of benzene rings is 2. The van der Waals surface area contributed by atoms with Gasteiger partial charge in [-0.25, -0.2) is 17.6 Å². The molecule has 3 rings (SSSR count). The van der Waals surface area contributed by atoms with Crippen molar-refractivity contribution in [3.05, 3.63) is 59.7 Å². The zero-order valence-corrected chi connectivity index (χ0v) is 20.0. The molecule has 1 heterocycles. The third-order valence-corrected chi connectivity index (χ3v) is 6.95. The number of aliphatic carboxylic acids is 1. The van der Waals surface area contributed by atoms with E-state index < -0.39 is 34.6 Å². The molecule has 0 aliphatic carbocycles. The average molecular weight is 493 g/mol. The van der Waals surface area contributed by atoms with Gasteiger partial charge in [0.15, 0.2) is 16.4 Å². The molecule has 1 aliphatic heterocycles. The Hall–Kier alpha value is -2.98. The van der Waals surface area contributed by atoms with Crippen LogP contribution in [0.15, 0.2) is 53.4 Å². The van der Waals surface area contributed by atoms with Gasteiger partial charge in [0.1, 0.15) is 11.9 Å². The van der Waals surface area contributed by atoms with Crippen LogP contribution in [0.25, 0.3) is 0 Å². The van der Waals surface area contributed by atoms with Crippen LogP contribution in [0.2, 0.25) is 0 Å². The molecule has 184 valence electrons. The molecule has 0 aromatic heterocycles. The minimum absolute atomic E-state index is 0.0674. The van der Waals surface area contributed by atoms with Crippen LogP contribution >= 0.6 is 0 Å². The van der Waals surface area contributed by atoms with Crippen molar-refractivity contribution in [3.63, 3.8) is 0 Å². The zero-order valence-electron chi connectivity index (χ0n) is 19.2. The van der Waals surface area contributed by atoms with E-state index in [-0.39, 0.29) is 17.2 Å². The van der Waals surface area contributed by atoms with Crippen LogP contribution in [-0.2, 0) is 25.8 Å². The Morgan fingerprint density at radius 2 is 1.94 bits per heavy atom. The van der Waals surface area contributed by atoms with Crippen LogP contribution in [0, 0.1) is 0 Å². The minimum Gasteiger partial charge on any atom is -0.482 e. The molecular weight excluding hydrogens is 463 g/mol. The highest BCUT2D eigenvalue weighted by molar-refractivity contribution is 7.90. The zero-order chi connectivity index (χ0) is 24.9. The minimum atomic E-state index is -3.33. The van der Waals surface area contributed by atoms with E-state index in [0.29, 0.717) is 37.4 Å². The first-order chi connectivity index (χ1) is 16.0. The summed E-state index contributed by atoms with van der Waals surface area (Å²) in [6, 6.07) is 12.7. The predicted molar refractivity (Wildman–Crippen MR) is 124 cm³/mol. The molecule has 1 N–H and O–H groups in total. The number of carbonyl (C=O) groups is 2. The van der Waals surface area contributed by atoms with Gasteiger partial charge in [-0.3, -0.25) is 9.69 Å². The van der Waals surface area contributed by atoms with Crippen LogP contribution < -0.4 is 4.74 Å². The SMILES string of the molecule is CN(C(=O)Cc1ccc(S(C)(=O)=O)cc1)[C@H](CN1CC[C@@H](F)C1)c1cccc(OCC(=O)O)c1. The van der Waals surface area contributed by atoms with Gasteiger partial charge in [-0.05, 0) is 41.8 Å². The number of alkyl halides is 1. The van der Waals surface area contributed by atoms with Crippen molar-refractivity contribution in [1.29, 1.82) is 0 Å². The fraction of sp³-hybridized carbons (Fsp3) is 0.417. The number of amides is 1. The summed E-state index contributed by atoms with van der Waals surface area (Å²) in [5.41, 5.74) is 1.42. The predicted octanol–water partition coefficient (Wildman–Crippen LogP) is 2.34. The van der Waals surface area contributed by atoms with E-state index in [4.69, 9.17) is 9.84 Å². The number of carbonyl (C=O) groups excluding carboxylic acids is 1. The Bertz CT molecular complexity index is 1120. The maximum atomic E-state index is 13.8. The van der Waals surface area contributed by atoms with Crippen LogP contribution in [0.5, 0.6) is 5.75 Å². The molecule has 0 spiro atoms. The second-order valence-electron chi connectivity index (χ2n) is 8.51. The van der Waals surface area contributed by atoms with Crippen molar-refractivity contribution in [2.45, 2.75) is 30.0 Å². The van der Waals surface area contributed by atoms with Crippen molar-refractivity contribution >= 4 is 21.7 Å². The second kappa shape index (κ2) is 11.0. The summed E-state index contributed by atoms with van der Waals surface area (Å²) in [4.78, 5) is 27.7. The van der Waals surface area contributed by atoms with Gasteiger partial charge in [0.05, 0.1) is 17.4 Å². The second-order valence-corrected chi connectivity index (χ2v) is 10.5. The molecule has 0 unspecified atom stereocenters. The number of halogens is 1. The van der Waals surface area contributed by atoms with Gasteiger partial charge in [0.2, 0.25) is 5.91 Å². The molecule has 0 bridgehead atoms. The number of ether oxygens (including phenoxy) is 1. The van der Waals surface area contributed by atoms with E-state index in [9.17, 15) is 22.4 Å². The Morgan fingerprint density at radius 3 is 2.53 bits per heavy atom. The van der Waals surface area contributed by atoms with Crippen molar-refractivity contribution in [2.75, 3.05) is 39.5 Å². The van der Waals surface area contributed by atoms with Gasteiger partial charge in [0, 0.05) is 32.9 Å². The first kappa shape index (κ1) is 25.6. The average Bonchev–Trinajstić information content (AvgIpc) is 3.20. The molecule has 0 saturated carbocycles. The van der Waals surface area contributed by atoms with Crippen LogP contribution in [0.4, 0.5) is 4.39 Å². The number of hydrogen-bond acceptors (Lipinski definition) is 6. The highest BCUT2D eigenvalue weighted by Crippen LogP contribution is 2.27. The monoisotopic (exact) mass is 492 g/mol. The molecule has 2 aromatic rings. The van der Waals surface area contributed by atoms with Crippen molar-refractivity contribution in [2.24, 2.45) is 0 Å². The summed E-state index contributed by atoms with van der Waals surface area (Å²) in [6.07, 6.45) is 0.733. The normalized spacial score (nSPS) is 17.3. The molecule has 1 fully saturated rings. The summed E-state index contributed by atoms with van der Waals surface area (Å²) in [5.74, 6) is -0.918. The Balaban J connectivity index is 1.80. The van der Waals surface area contributed by atoms with E-state index in [1.54, 1.807) is 42.3 Å². The van der Waals surface area contributed by atoms with Gasteiger partial charge in [-0.15, -0.1) is 0 Å². The summed E-state index contributed by atoms with van der Waals surface area (Å²) in [5, 5.41) is 8.88. The third kappa shape index (κ3) is 7.01. The summed E-state index contributed by atoms with van der Waals surface area (Å²) in [6.45, 7) is 0.808. The van der Waals surface area contributed by atoms with E-state index >= 15 is 0 Å². The summed E-state index contributed by atoms with van der Waals surface area (Å²) >= 11 is 0. The first-order valence-corrected chi connectivity index (χ1v) is 12.8. The topological polar surface area (TPSA) is 104 Å². The number of carboxylic acid groups (broad SMARTS) is 1. The molecule has 1 amide bonds. The van der Waals surface area contributed by atoms with E-state index in [1.165, 1.54) is 12.1 Å². The highest BCUT2D eigenvalue weighted by Gasteiger charge is 2.29. The third-order valence-electron chi connectivity index (χ3n) is 5.82. The number of likely N-dealkylation sites (N-methyl/N-ethyl adjacent to an activating group) is 1. The quantitative estimate of drug-likeness (QED) is 0.543. The van der Waals surface area contributed by atoms with Crippen molar-refractivity contribution < 1.29 is 32.2 Å². The fourth-order valence-corrected chi connectivity index (χ4v) is 4.56. The largest absolute Gasteiger partial charge is 0.482 e. The number of hydrogen-bond donors (Lipinski definition) is 1. The smallest absolute Gasteiger partial charge is 0.341 e. The molecular formula is C24H29FN2O6S. The lowest BCUT2D eigenvalue weighted by molar-refractivity contribution is -0.139. The lowest BCUT2D eigenvalue weighted by Crippen LogP contribution is -2.39. The lowest BCUT2D eigenvalue weighted by atomic mass is 10.0. The molecule has 1 aliphatic rings. The Kier molecular flexibility index (Phi) is 8.27. The van der Waals surface area contributed by atoms with Gasteiger partial charge in [-0.1, -0.05) is 24.3 Å². The van der Waals surface area contributed by atoms with Gasteiger partial charge in [-0.2, -0.15) is 0 Å².